The zero-order chi connectivity index (χ0) is 11.2. The topological polar surface area (TPSA) is 77.2 Å². The quantitative estimate of drug-likeness (QED) is 0.679. The van der Waals surface area contributed by atoms with Crippen molar-refractivity contribution < 1.29 is 13.2 Å². The van der Waals surface area contributed by atoms with Gasteiger partial charge in [-0.15, -0.1) is 0 Å². The van der Waals surface area contributed by atoms with Crippen molar-refractivity contribution in [2.24, 2.45) is 5.73 Å². The van der Waals surface area contributed by atoms with Crippen molar-refractivity contribution in [3.63, 3.8) is 0 Å². The van der Waals surface area contributed by atoms with E-state index in [-0.39, 0.29) is 23.7 Å². The molecule has 0 saturated carbocycles. The van der Waals surface area contributed by atoms with Crippen LogP contribution in [-0.2, 0) is 14.6 Å². The molecule has 0 saturated heterocycles. The molecule has 5 heteroatoms. The summed E-state index contributed by atoms with van der Waals surface area (Å²) in [4.78, 5) is 11.2. The maximum Gasteiger partial charge on any atom is 0.150 e. The fourth-order valence-corrected chi connectivity index (χ4v) is 2.42. The monoisotopic (exact) mass is 221 g/mol. The van der Waals surface area contributed by atoms with Gasteiger partial charge in [0.1, 0.15) is 0 Å². The summed E-state index contributed by atoms with van der Waals surface area (Å²) in [5.74, 6) is -0.0677. The van der Waals surface area contributed by atoms with Gasteiger partial charge >= 0.3 is 0 Å². The zero-order valence-corrected chi connectivity index (χ0v) is 9.64. The lowest BCUT2D eigenvalue weighted by Crippen LogP contribution is -2.31. The third-order valence-corrected chi connectivity index (χ3v) is 3.88. The van der Waals surface area contributed by atoms with Crippen molar-refractivity contribution in [2.75, 3.05) is 11.5 Å². The first kappa shape index (κ1) is 13.6. The molecule has 2 N–H and O–H groups in total. The number of rotatable bonds is 7. The van der Waals surface area contributed by atoms with Gasteiger partial charge in [0.15, 0.2) is 15.6 Å². The first-order valence-corrected chi connectivity index (χ1v) is 6.73. The largest absolute Gasteiger partial charge is 0.322 e. The average molecular weight is 221 g/mol. The molecule has 0 radical (unpaired) electrons. The Morgan fingerprint density at radius 3 is 2.29 bits per heavy atom. The smallest absolute Gasteiger partial charge is 0.150 e. The highest BCUT2D eigenvalue weighted by atomic mass is 32.2. The number of carbonyl (C=O) groups is 1. The standard InChI is InChI=1S/C9H19NO3S/c1-3-6-14(12,13)7-5-9(11)8(10)4-2/h8H,3-7,10H2,1-2H3. The second-order valence-corrected chi connectivity index (χ2v) is 5.69. The van der Waals surface area contributed by atoms with Gasteiger partial charge in [0.2, 0.25) is 0 Å². The van der Waals surface area contributed by atoms with E-state index in [1.807, 2.05) is 6.92 Å². The molecule has 0 amide bonds. The Balaban J connectivity index is 4.00. The fourth-order valence-electron chi connectivity index (χ4n) is 1.08. The molecule has 0 aliphatic carbocycles. The van der Waals surface area contributed by atoms with Crippen LogP contribution < -0.4 is 5.73 Å². The van der Waals surface area contributed by atoms with Gasteiger partial charge in [0.05, 0.1) is 11.8 Å². The van der Waals surface area contributed by atoms with Crippen LogP contribution in [0, 0.1) is 0 Å². The van der Waals surface area contributed by atoms with Crippen LogP contribution in [0.25, 0.3) is 0 Å². The molecule has 0 aliphatic heterocycles. The molecule has 0 bridgehead atoms. The number of carbonyl (C=O) groups excluding carboxylic acids is 1. The number of hydrogen-bond donors (Lipinski definition) is 1. The minimum atomic E-state index is -3.04. The molecule has 84 valence electrons. The van der Waals surface area contributed by atoms with Crippen LogP contribution in [0.3, 0.4) is 0 Å². The van der Waals surface area contributed by atoms with E-state index >= 15 is 0 Å². The second-order valence-electron chi connectivity index (χ2n) is 3.38. The number of hydrogen-bond acceptors (Lipinski definition) is 4. The number of sulfone groups is 1. The first-order chi connectivity index (χ1) is 6.43. The van der Waals surface area contributed by atoms with Gasteiger partial charge in [0.25, 0.3) is 0 Å². The van der Waals surface area contributed by atoms with E-state index in [1.54, 1.807) is 6.92 Å². The Morgan fingerprint density at radius 1 is 1.29 bits per heavy atom. The summed E-state index contributed by atoms with van der Waals surface area (Å²) in [6.07, 6.45) is 1.21. The molecule has 4 nitrogen and oxygen atoms in total. The molecule has 1 atom stereocenters. The van der Waals surface area contributed by atoms with E-state index < -0.39 is 15.9 Å². The molecule has 0 rings (SSSR count). The van der Waals surface area contributed by atoms with Gasteiger partial charge in [0, 0.05) is 12.2 Å². The number of nitrogens with two attached hydrogens (primary N) is 1. The lowest BCUT2D eigenvalue weighted by Gasteiger charge is -2.07. The second kappa shape index (κ2) is 6.14. The fraction of sp³-hybridized carbons (Fsp3) is 0.889. The number of Topliss-reactive ketones (excluding diaryl/α,β-unsaturated/α-hetero) is 1. The molecule has 0 aliphatic rings. The Bertz CT molecular complexity index is 272. The molecule has 0 heterocycles. The van der Waals surface area contributed by atoms with Crippen molar-refractivity contribution in [3.05, 3.63) is 0 Å². The highest BCUT2D eigenvalue weighted by molar-refractivity contribution is 7.91. The van der Waals surface area contributed by atoms with Crippen LogP contribution in [0.5, 0.6) is 0 Å². The number of ketones is 1. The van der Waals surface area contributed by atoms with Crippen molar-refractivity contribution in [3.8, 4) is 0 Å². The Hall–Kier alpha value is -0.420. The summed E-state index contributed by atoms with van der Waals surface area (Å²) < 4.78 is 22.5. The van der Waals surface area contributed by atoms with E-state index in [0.29, 0.717) is 12.8 Å². The van der Waals surface area contributed by atoms with Gasteiger partial charge in [-0.2, -0.15) is 0 Å². The van der Waals surface area contributed by atoms with Crippen molar-refractivity contribution >= 4 is 15.6 Å². The van der Waals surface area contributed by atoms with Crippen molar-refractivity contribution in [1.82, 2.24) is 0 Å². The summed E-state index contributed by atoms with van der Waals surface area (Å²) in [5, 5.41) is 0. The van der Waals surface area contributed by atoms with Gasteiger partial charge < -0.3 is 5.73 Å². The molecular weight excluding hydrogens is 202 g/mol. The maximum absolute atomic E-state index is 11.3. The Morgan fingerprint density at radius 2 is 1.86 bits per heavy atom. The minimum absolute atomic E-state index is 0.0529. The molecule has 0 fully saturated rings. The van der Waals surface area contributed by atoms with E-state index in [9.17, 15) is 13.2 Å². The van der Waals surface area contributed by atoms with E-state index in [0.717, 1.165) is 0 Å². The zero-order valence-electron chi connectivity index (χ0n) is 8.82. The Labute approximate surface area is 85.8 Å². The van der Waals surface area contributed by atoms with Gasteiger partial charge in [-0.25, -0.2) is 8.42 Å². The van der Waals surface area contributed by atoms with Gasteiger partial charge in [-0.1, -0.05) is 13.8 Å². The highest BCUT2D eigenvalue weighted by Crippen LogP contribution is 2.00. The SMILES string of the molecule is CCCS(=O)(=O)CCC(=O)C(N)CC. The van der Waals surface area contributed by atoms with Gasteiger partial charge in [-0.3, -0.25) is 4.79 Å². The Kier molecular flexibility index (Phi) is 5.95. The van der Waals surface area contributed by atoms with Gasteiger partial charge in [-0.05, 0) is 12.8 Å². The molecule has 1 unspecified atom stereocenters. The third kappa shape index (κ3) is 5.34. The summed E-state index contributed by atoms with van der Waals surface area (Å²) in [5.41, 5.74) is 5.48. The molecule has 0 aromatic heterocycles. The summed E-state index contributed by atoms with van der Waals surface area (Å²) >= 11 is 0. The van der Waals surface area contributed by atoms with Crippen LogP contribution in [0.15, 0.2) is 0 Å². The van der Waals surface area contributed by atoms with E-state index in [1.165, 1.54) is 0 Å². The lowest BCUT2D eigenvalue weighted by atomic mass is 10.1. The molecule has 0 aromatic carbocycles. The normalized spacial score (nSPS) is 13.9. The predicted molar refractivity (Wildman–Crippen MR) is 56.8 cm³/mol. The van der Waals surface area contributed by atoms with Crippen LogP contribution in [-0.4, -0.2) is 31.7 Å². The lowest BCUT2D eigenvalue weighted by molar-refractivity contribution is -0.119. The summed E-state index contributed by atoms with van der Waals surface area (Å²) in [7, 11) is -3.04. The minimum Gasteiger partial charge on any atom is -0.322 e. The van der Waals surface area contributed by atoms with Crippen LogP contribution in [0.4, 0.5) is 0 Å². The maximum atomic E-state index is 11.3. The van der Waals surface area contributed by atoms with Crippen LogP contribution in [0.2, 0.25) is 0 Å². The highest BCUT2D eigenvalue weighted by Gasteiger charge is 2.16. The van der Waals surface area contributed by atoms with E-state index in [2.05, 4.69) is 0 Å². The third-order valence-electron chi connectivity index (χ3n) is 2.03. The van der Waals surface area contributed by atoms with Crippen molar-refractivity contribution in [1.29, 1.82) is 0 Å². The predicted octanol–water partition coefficient (Wildman–Crippen LogP) is 0.508. The average Bonchev–Trinajstić information content (AvgIpc) is 2.13. The van der Waals surface area contributed by atoms with Crippen LogP contribution in [0.1, 0.15) is 33.1 Å². The molecular formula is C9H19NO3S. The van der Waals surface area contributed by atoms with E-state index in [4.69, 9.17) is 5.73 Å². The first-order valence-electron chi connectivity index (χ1n) is 4.91. The summed E-state index contributed by atoms with van der Waals surface area (Å²) in [6.45, 7) is 3.61. The molecule has 0 aromatic rings. The summed E-state index contributed by atoms with van der Waals surface area (Å²) in [6, 6.07) is -0.508. The van der Waals surface area contributed by atoms with Crippen molar-refractivity contribution in [2.45, 2.75) is 39.2 Å². The van der Waals surface area contributed by atoms with Crippen LogP contribution >= 0.6 is 0 Å². The molecule has 0 spiro atoms. The molecule has 14 heavy (non-hydrogen) atoms.